The third kappa shape index (κ3) is 3.72. The Morgan fingerprint density at radius 1 is 0.829 bits per heavy atom. The van der Waals surface area contributed by atoms with Gasteiger partial charge in [0.25, 0.3) is 0 Å². The van der Waals surface area contributed by atoms with Crippen molar-refractivity contribution in [2.45, 2.75) is 5.60 Å². The zero-order chi connectivity index (χ0) is 29.7. The standard InChI is InChI=1S/C25H9Cl6NO9/c26-8-3-6-11(5-10(8)33)39-22-7(4-9(27)21(36)20(22)31)25(6)16-14(23(37)40-25)18(29)19(30)15(17(16)28)24(38)41-32-12(34)1-2-13(32)35/h1-5,33-36H. The van der Waals surface area contributed by atoms with Crippen molar-refractivity contribution in [3.8, 4) is 34.8 Å². The van der Waals surface area contributed by atoms with Crippen molar-refractivity contribution >= 4 is 81.5 Å². The Hall–Kier alpha value is -3.38. The van der Waals surface area contributed by atoms with E-state index in [1.807, 2.05) is 0 Å². The molecule has 1 spiro atoms. The van der Waals surface area contributed by atoms with Gasteiger partial charge in [-0.2, -0.15) is 0 Å². The van der Waals surface area contributed by atoms with Crippen molar-refractivity contribution in [3.05, 3.63) is 88.3 Å². The molecule has 3 aromatic carbocycles. The van der Waals surface area contributed by atoms with Gasteiger partial charge in [-0.05, 0) is 12.1 Å². The molecule has 2 aliphatic rings. The Morgan fingerprint density at radius 3 is 2.12 bits per heavy atom. The maximum absolute atomic E-state index is 13.5. The number of hydrogen-bond acceptors (Lipinski definition) is 9. The Balaban J connectivity index is 1.72. The summed E-state index contributed by atoms with van der Waals surface area (Å²) in [5.74, 6) is -4.99. The van der Waals surface area contributed by atoms with Crippen LogP contribution in [0, 0.1) is 0 Å². The van der Waals surface area contributed by atoms with Crippen LogP contribution in [0.1, 0.15) is 37.4 Å². The van der Waals surface area contributed by atoms with Crippen LogP contribution in [-0.4, -0.2) is 37.1 Å². The van der Waals surface area contributed by atoms with Gasteiger partial charge in [-0.25, -0.2) is 9.59 Å². The Labute approximate surface area is 258 Å². The lowest BCUT2D eigenvalue weighted by Crippen LogP contribution is -2.34. The fourth-order valence-electron chi connectivity index (χ4n) is 4.72. The molecule has 1 aromatic heterocycles. The van der Waals surface area contributed by atoms with Gasteiger partial charge in [0.1, 0.15) is 22.1 Å². The topological polar surface area (TPSA) is 148 Å². The van der Waals surface area contributed by atoms with Crippen molar-refractivity contribution in [1.82, 2.24) is 4.73 Å². The van der Waals surface area contributed by atoms with E-state index in [-0.39, 0.29) is 48.8 Å². The number of esters is 1. The lowest BCUT2D eigenvalue weighted by atomic mass is 9.77. The van der Waals surface area contributed by atoms with Crippen molar-refractivity contribution in [2.75, 3.05) is 0 Å². The van der Waals surface area contributed by atoms with Gasteiger partial charge in [0.15, 0.2) is 17.1 Å². The lowest BCUT2D eigenvalue weighted by molar-refractivity contribution is 0.0224. The van der Waals surface area contributed by atoms with Gasteiger partial charge in [0.05, 0.1) is 36.2 Å². The van der Waals surface area contributed by atoms with Gasteiger partial charge in [0.2, 0.25) is 11.8 Å². The van der Waals surface area contributed by atoms with E-state index in [4.69, 9.17) is 83.9 Å². The molecule has 41 heavy (non-hydrogen) atoms. The number of carbonyl (C=O) groups excluding carboxylic acids is 2. The summed E-state index contributed by atoms with van der Waals surface area (Å²) in [4.78, 5) is 31.9. The Bertz CT molecular complexity index is 1870. The Morgan fingerprint density at radius 2 is 1.46 bits per heavy atom. The maximum Gasteiger partial charge on any atom is 0.367 e. The van der Waals surface area contributed by atoms with E-state index < -0.39 is 61.4 Å². The smallest absolute Gasteiger partial charge is 0.367 e. The summed E-state index contributed by atoms with van der Waals surface area (Å²) in [6.07, 6.45) is 0. The van der Waals surface area contributed by atoms with Crippen LogP contribution in [0.5, 0.6) is 34.8 Å². The molecule has 16 heteroatoms. The number of hydrogen-bond donors (Lipinski definition) is 4. The lowest BCUT2D eigenvalue weighted by Gasteiger charge is -2.37. The van der Waals surface area contributed by atoms with Gasteiger partial charge in [-0.3, -0.25) is 0 Å². The van der Waals surface area contributed by atoms with Crippen LogP contribution in [-0.2, 0) is 10.3 Å². The molecule has 0 fully saturated rings. The van der Waals surface area contributed by atoms with Crippen molar-refractivity contribution < 1.29 is 44.3 Å². The third-order valence-electron chi connectivity index (χ3n) is 6.47. The highest BCUT2D eigenvalue weighted by molar-refractivity contribution is 6.48. The van der Waals surface area contributed by atoms with E-state index >= 15 is 0 Å². The van der Waals surface area contributed by atoms with E-state index in [1.165, 1.54) is 12.1 Å². The van der Waals surface area contributed by atoms with Gasteiger partial charge in [-0.1, -0.05) is 69.6 Å². The molecule has 4 N–H and O–H groups in total. The van der Waals surface area contributed by atoms with Gasteiger partial charge in [0, 0.05) is 29.3 Å². The molecule has 210 valence electrons. The highest BCUT2D eigenvalue weighted by atomic mass is 35.5. The van der Waals surface area contributed by atoms with E-state index in [1.54, 1.807) is 0 Å². The van der Waals surface area contributed by atoms with E-state index in [0.29, 0.717) is 4.73 Å². The number of benzene rings is 3. The minimum absolute atomic E-state index is 0.00183. The van der Waals surface area contributed by atoms with Crippen LogP contribution in [0.4, 0.5) is 0 Å². The SMILES string of the molecule is O=C(On1c(O)ccc1O)c1c(Cl)c(Cl)c2c(c1Cl)C1(OC2=O)c2cc(Cl)c(O)cc2Oc2c1cc(Cl)c(O)c2Cl. The molecule has 0 saturated carbocycles. The summed E-state index contributed by atoms with van der Waals surface area (Å²) in [7, 11) is 0. The van der Waals surface area contributed by atoms with Crippen LogP contribution in [0.2, 0.25) is 30.1 Å². The molecule has 6 rings (SSSR count). The monoisotopic (exact) mass is 677 g/mol. The summed E-state index contributed by atoms with van der Waals surface area (Å²) in [5.41, 5.74) is -3.38. The van der Waals surface area contributed by atoms with Gasteiger partial charge >= 0.3 is 11.9 Å². The van der Waals surface area contributed by atoms with Crippen molar-refractivity contribution in [3.63, 3.8) is 0 Å². The van der Waals surface area contributed by atoms with E-state index in [0.717, 1.165) is 18.2 Å². The predicted octanol–water partition coefficient (Wildman–Crippen LogP) is 7.07. The van der Waals surface area contributed by atoms with Crippen LogP contribution in [0.3, 0.4) is 0 Å². The second-order valence-electron chi connectivity index (χ2n) is 8.66. The molecule has 3 heterocycles. The number of aromatic nitrogens is 1. The predicted molar refractivity (Wildman–Crippen MR) is 147 cm³/mol. The number of carbonyl (C=O) groups is 2. The number of halogens is 6. The molecule has 0 saturated heterocycles. The van der Waals surface area contributed by atoms with Crippen LogP contribution >= 0.6 is 69.6 Å². The normalized spacial score (nSPS) is 16.6. The third-order valence-corrected chi connectivity index (χ3v) is 8.64. The quantitative estimate of drug-likeness (QED) is 0.129. The molecule has 2 aliphatic heterocycles. The zero-order valence-electron chi connectivity index (χ0n) is 19.4. The average molecular weight is 680 g/mol. The minimum Gasteiger partial charge on any atom is -0.506 e. The average Bonchev–Trinajstić information content (AvgIpc) is 3.40. The molecular formula is C25H9Cl6NO9. The Kier molecular flexibility index (Phi) is 6.31. The first-order valence-electron chi connectivity index (χ1n) is 11.0. The second kappa shape index (κ2) is 9.32. The summed E-state index contributed by atoms with van der Waals surface area (Å²) in [5, 5.41) is 38.2. The molecule has 0 aliphatic carbocycles. The number of phenols is 2. The van der Waals surface area contributed by atoms with Crippen molar-refractivity contribution in [2.24, 2.45) is 0 Å². The number of nitrogens with zero attached hydrogens (tertiary/aromatic N) is 1. The number of fused-ring (bicyclic) bond motifs is 6. The number of aromatic hydroxyl groups is 4. The largest absolute Gasteiger partial charge is 0.506 e. The zero-order valence-corrected chi connectivity index (χ0v) is 24.0. The molecule has 10 nitrogen and oxygen atoms in total. The number of ether oxygens (including phenoxy) is 2. The van der Waals surface area contributed by atoms with Crippen molar-refractivity contribution in [1.29, 1.82) is 0 Å². The first kappa shape index (κ1) is 27.8. The van der Waals surface area contributed by atoms with Crippen LogP contribution in [0.25, 0.3) is 0 Å². The fourth-order valence-corrected chi connectivity index (χ4v) is 6.35. The highest BCUT2D eigenvalue weighted by Gasteiger charge is 2.58. The molecule has 0 amide bonds. The molecule has 1 unspecified atom stereocenters. The van der Waals surface area contributed by atoms with Crippen LogP contribution in [0.15, 0.2) is 30.3 Å². The maximum atomic E-state index is 13.5. The number of phenolic OH excluding ortho intramolecular Hbond substituents is 2. The molecule has 0 bridgehead atoms. The minimum atomic E-state index is -2.13. The van der Waals surface area contributed by atoms with E-state index in [9.17, 15) is 30.0 Å². The molecule has 4 aromatic rings. The van der Waals surface area contributed by atoms with Gasteiger partial charge < -0.3 is 34.7 Å². The fraction of sp³-hybridized carbons (Fsp3) is 0.0400. The molecule has 0 radical (unpaired) electrons. The summed E-state index contributed by atoms with van der Waals surface area (Å²) in [6.45, 7) is 0. The first-order valence-corrected chi connectivity index (χ1v) is 13.2. The highest BCUT2D eigenvalue weighted by Crippen LogP contribution is 2.63. The molecule has 1 atom stereocenters. The summed E-state index contributed by atoms with van der Waals surface area (Å²) >= 11 is 38.5. The molecular weight excluding hydrogens is 671 g/mol. The first-order chi connectivity index (χ1) is 19.3. The van der Waals surface area contributed by atoms with Gasteiger partial charge in [-0.15, -0.1) is 4.73 Å². The summed E-state index contributed by atoms with van der Waals surface area (Å²) < 4.78 is 12.2. The van der Waals surface area contributed by atoms with E-state index in [2.05, 4.69) is 0 Å². The van der Waals surface area contributed by atoms with Crippen LogP contribution < -0.4 is 9.57 Å². The summed E-state index contributed by atoms with van der Waals surface area (Å²) in [6, 6.07) is 5.60. The second-order valence-corrected chi connectivity index (χ2v) is 11.0. The number of rotatable bonds is 2.